The number of fused-ring (bicyclic) bond motifs is 1. The molecule has 6 heteroatoms. The third kappa shape index (κ3) is 2.24. The first-order valence-electron chi connectivity index (χ1n) is 5.92. The molecular formula is C13H13IN4O. The maximum Gasteiger partial charge on any atom is 0.257 e. The number of oxazole rings is 1. The minimum absolute atomic E-state index is 0.0616. The summed E-state index contributed by atoms with van der Waals surface area (Å²) in [5.74, 6) is 1.68. The largest absolute Gasteiger partial charge is 0.432 e. The van der Waals surface area contributed by atoms with Gasteiger partial charge in [-0.1, -0.05) is 20.8 Å². The molecule has 0 atom stereocenters. The van der Waals surface area contributed by atoms with Crippen LogP contribution in [0.4, 0.5) is 0 Å². The minimum Gasteiger partial charge on any atom is -0.432 e. The Morgan fingerprint density at radius 2 is 2.00 bits per heavy atom. The molecule has 0 fully saturated rings. The summed E-state index contributed by atoms with van der Waals surface area (Å²) >= 11 is 2.05. The Balaban J connectivity index is 2.19. The molecular weight excluding hydrogens is 355 g/mol. The van der Waals surface area contributed by atoms with Gasteiger partial charge in [0.25, 0.3) is 3.90 Å². The highest BCUT2D eigenvalue weighted by atomic mass is 127. The van der Waals surface area contributed by atoms with Crippen molar-refractivity contribution in [3.63, 3.8) is 0 Å². The monoisotopic (exact) mass is 368 g/mol. The van der Waals surface area contributed by atoms with E-state index >= 15 is 0 Å². The molecule has 0 aliphatic carbocycles. The van der Waals surface area contributed by atoms with Crippen molar-refractivity contribution in [2.75, 3.05) is 0 Å². The van der Waals surface area contributed by atoms with Crippen molar-refractivity contribution in [3.05, 3.63) is 34.2 Å². The molecule has 0 aliphatic heterocycles. The molecule has 0 N–H and O–H groups in total. The summed E-state index contributed by atoms with van der Waals surface area (Å²) in [5, 5.41) is 8.46. The van der Waals surface area contributed by atoms with E-state index in [1.165, 1.54) is 0 Å². The van der Waals surface area contributed by atoms with E-state index in [-0.39, 0.29) is 5.41 Å². The third-order valence-electron chi connectivity index (χ3n) is 2.84. The van der Waals surface area contributed by atoms with Crippen LogP contribution >= 0.6 is 22.6 Å². The van der Waals surface area contributed by atoms with E-state index in [4.69, 9.17) is 4.42 Å². The Bertz CT molecular complexity index is 739. The highest BCUT2D eigenvalue weighted by Gasteiger charge is 2.21. The van der Waals surface area contributed by atoms with E-state index in [1.807, 2.05) is 22.7 Å². The molecule has 0 radical (unpaired) electrons. The lowest BCUT2D eigenvalue weighted by molar-refractivity contribution is 0.534. The quantitative estimate of drug-likeness (QED) is 0.619. The van der Waals surface area contributed by atoms with E-state index in [0.717, 1.165) is 22.8 Å². The van der Waals surface area contributed by atoms with Crippen molar-refractivity contribution in [1.29, 1.82) is 0 Å². The first kappa shape index (κ1) is 12.6. The molecule has 3 heterocycles. The average Bonchev–Trinajstić information content (AvgIpc) is 2.92. The summed E-state index contributed by atoms with van der Waals surface area (Å²) in [5.41, 5.74) is 1.74. The zero-order valence-corrected chi connectivity index (χ0v) is 13.0. The van der Waals surface area contributed by atoms with Crippen LogP contribution in [0.25, 0.3) is 17.0 Å². The molecule has 3 aromatic heterocycles. The second-order valence-corrected chi connectivity index (χ2v) is 6.32. The average molecular weight is 368 g/mol. The van der Waals surface area contributed by atoms with Gasteiger partial charge in [-0.05, 0) is 12.1 Å². The highest BCUT2D eigenvalue weighted by Crippen LogP contribution is 2.25. The van der Waals surface area contributed by atoms with E-state index < -0.39 is 0 Å². The van der Waals surface area contributed by atoms with Crippen LogP contribution < -0.4 is 0 Å². The Kier molecular flexibility index (Phi) is 2.84. The Hall–Kier alpha value is -1.44. The number of hydrogen-bond donors (Lipinski definition) is 0. The second-order valence-electron chi connectivity index (χ2n) is 5.40. The van der Waals surface area contributed by atoms with E-state index in [0.29, 0.717) is 3.90 Å². The van der Waals surface area contributed by atoms with Gasteiger partial charge in [0.1, 0.15) is 5.82 Å². The molecule has 19 heavy (non-hydrogen) atoms. The van der Waals surface area contributed by atoms with Crippen molar-refractivity contribution in [1.82, 2.24) is 19.6 Å². The van der Waals surface area contributed by atoms with E-state index in [1.54, 1.807) is 6.20 Å². The predicted octanol–water partition coefficient (Wildman–Crippen LogP) is 3.29. The van der Waals surface area contributed by atoms with E-state index in [9.17, 15) is 0 Å². The number of halogens is 1. The number of rotatable bonds is 1. The number of pyridine rings is 1. The molecule has 5 nitrogen and oxygen atoms in total. The van der Waals surface area contributed by atoms with Gasteiger partial charge < -0.3 is 4.42 Å². The molecule has 0 saturated carbocycles. The standard InChI is InChI=1S/C13H13IN4O/c1-13(2,3)11-17-16-10-5-4-8(7-18(10)11)9-6-15-12(14)19-9/h4-7H,1-3H3. The second kappa shape index (κ2) is 4.29. The first-order chi connectivity index (χ1) is 8.95. The van der Waals surface area contributed by atoms with Crippen LogP contribution in [0.2, 0.25) is 0 Å². The molecule has 0 aliphatic rings. The summed E-state index contributed by atoms with van der Waals surface area (Å²) in [6, 6.07) is 3.90. The molecule has 0 saturated heterocycles. The van der Waals surface area contributed by atoms with Crippen LogP contribution in [0.3, 0.4) is 0 Å². The van der Waals surface area contributed by atoms with Crippen LogP contribution in [0, 0.1) is 3.90 Å². The Labute approximate surface area is 124 Å². The zero-order chi connectivity index (χ0) is 13.6. The lowest BCUT2D eigenvalue weighted by atomic mass is 9.96. The summed E-state index contributed by atoms with van der Waals surface area (Å²) in [6.45, 7) is 6.36. The van der Waals surface area contributed by atoms with Gasteiger partial charge in [-0.2, -0.15) is 0 Å². The number of nitrogens with zero attached hydrogens (tertiary/aromatic N) is 4. The fraction of sp³-hybridized carbons (Fsp3) is 0.308. The van der Waals surface area contributed by atoms with Gasteiger partial charge in [0.05, 0.1) is 6.20 Å². The maximum atomic E-state index is 5.54. The topological polar surface area (TPSA) is 56.2 Å². The normalized spacial score (nSPS) is 12.2. The van der Waals surface area contributed by atoms with Crippen molar-refractivity contribution < 1.29 is 4.42 Å². The smallest absolute Gasteiger partial charge is 0.257 e. The molecule has 0 amide bonds. The Morgan fingerprint density at radius 3 is 2.63 bits per heavy atom. The lowest BCUT2D eigenvalue weighted by Gasteiger charge is -2.15. The summed E-state index contributed by atoms with van der Waals surface area (Å²) in [7, 11) is 0. The number of aromatic nitrogens is 4. The maximum absolute atomic E-state index is 5.54. The fourth-order valence-corrected chi connectivity index (χ4v) is 2.31. The Morgan fingerprint density at radius 1 is 1.21 bits per heavy atom. The van der Waals surface area contributed by atoms with Gasteiger partial charge in [-0.25, -0.2) is 4.98 Å². The molecule has 0 bridgehead atoms. The number of hydrogen-bond acceptors (Lipinski definition) is 4. The SMILES string of the molecule is CC(C)(C)c1nnc2ccc(-c3cnc(I)o3)cn12. The molecule has 0 unspecified atom stereocenters. The van der Waals surface area contributed by atoms with Crippen LogP contribution in [0.1, 0.15) is 26.6 Å². The van der Waals surface area contributed by atoms with Gasteiger partial charge in [-0.15, -0.1) is 10.2 Å². The van der Waals surface area contributed by atoms with Crippen LogP contribution in [-0.4, -0.2) is 19.6 Å². The predicted molar refractivity (Wildman–Crippen MR) is 79.9 cm³/mol. The van der Waals surface area contributed by atoms with Crippen LogP contribution in [0.5, 0.6) is 0 Å². The van der Waals surface area contributed by atoms with Crippen molar-refractivity contribution in [3.8, 4) is 11.3 Å². The minimum atomic E-state index is -0.0616. The van der Waals surface area contributed by atoms with Crippen molar-refractivity contribution in [2.45, 2.75) is 26.2 Å². The van der Waals surface area contributed by atoms with Crippen LogP contribution in [-0.2, 0) is 5.41 Å². The van der Waals surface area contributed by atoms with Gasteiger partial charge in [-0.3, -0.25) is 4.40 Å². The summed E-state index contributed by atoms with van der Waals surface area (Å²) < 4.78 is 8.18. The summed E-state index contributed by atoms with van der Waals surface area (Å²) in [4.78, 5) is 4.11. The van der Waals surface area contributed by atoms with E-state index in [2.05, 4.69) is 58.5 Å². The highest BCUT2D eigenvalue weighted by molar-refractivity contribution is 14.1. The summed E-state index contributed by atoms with van der Waals surface area (Å²) in [6.07, 6.45) is 3.72. The van der Waals surface area contributed by atoms with Gasteiger partial charge in [0.15, 0.2) is 11.4 Å². The molecule has 0 aromatic carbocycles. The molecule has 3 rings (SSSR count). The van der Waals surface area contributed by atoms with Crippen molar-refractivity contribution in [2.24, 2.45) is 0 Å². The van der Waals surface area contributed by atoms with Gasteiger partial charge in [0.2, 0.25) is 0 Å². The van der Waals surface area contributed by atoms with Crippen LogP contribution in [0.15, 0.2) is 28.9 Å². The third-order valence-corrected chi connectivity index (χ3v) is 3.33. The van der Waals surface area contributed by atoms with Crippen molar-refractivity contribution >= 4 is 28.2 Å². The zero-order valence-electron chi connectivity index (χ0n) is 10.9. The van der Waals surface area contributed by atoms with Gasteiger partial charge >= 0.3 is 0 Å². The molecule has 3 aromatic rings. The first-order valence-corrected chi connectivity index (χ1v) is 7.00. The van der Waals surface area contributed by atoms with Gasteiger partial charge in [0, 0.05) is 39.8 Å². The molecule has 98 valence electrons. The molecule has 0 spiro atoms. The fourth-order valence-electron chi connectivity index (χ4n) is 1.93. The lowest BCUT2D eigenvalue weighted by Crippen LogP contribution is -2.15.